The van der Waals surface area contributed by atoms with Gasteiger partial charge in [-0.25, -0.2) is 0 Å². The first kappa shape index (κ1) is 14.6. The van der Waals surface area contributed by atoms with Gasteiger partial charge in [0.2, 0.25) is 0 Å². The Labute approximate surface area is 136 Å². The SMILES string of the molecule is CC1=Cc2cccc([Si](C)(C)Nc3ccc(Br)cc3)c2C1. The van der Waals surface area contributed by atoms with E-state index >= 15 is 0 Å². The standard InChI is InChI=1S/C18H20BrNSi/c1-13-11-14-5-4-6-18(17(14)12-13)21(2,3)20-16-9-7-15(19)8-10-16/h4-11,20H,12H2,1-3H3. The average molecular weight is 358 g/mol. The Morgan fingerprint density at radius 1 is 1.05 bits per heavy atom. The molecule has 0 aromatic heterocycles. The van der Waals surface area contributed by atoms with Gasteiger partial charge in [-0.1, -0.05) is 45.8 Å². The fraction of sp³-hybridized carbons (Fsp3) is 0.222. The van der Waals surface area contributed by atoms with Crippen molar-refractivity contribution in [3.63, 3.8) is 0 Å². The summed E-state index contributed by atoms with van der Waals surface area (Å²) in [5, 5.41) is 1.52. The van der Waals surface area contributed by atoms with E-state index in [1.807, 2.05) is 0 Å². The highest BCUT2D eigenvalue weighted by Crippen LogP contribution is 2.25. The third-order valence-electron chi connectivity index (χ3n) is 4.04. The Morgan fingerprint density at radius 3 is 2.48 bits per heavy atom. The molecule has 0 fully saturated rings. The van der Waals surface area contributed by atoms with Crippen LogP contribution in [0.1, 0.15) is 18.1 Å². The van der Waals surface area contributed by atoms with Crippen LogP contribution in [0.25, 0.3) is 6.08 Å². The van der Waals surface area contributed by atoms with Crippen molar-refractivity contribution in [1.29, 1.82) is 0 Å². The third kappa shape index (κ3) is 2.99. The van der Waals surface area contributed by atoms with Crippen LogP contribution >= 0.6 is 15.9 Å². The lowest BCUT2D eigenvalue weighted by Crippen LogP contribution is -2.51. The zero-order chi connectivity index (χ0) is 15.0. The molecule has 0 bridgehead atoms. The molecule has 1 N–H and O–H groups in total. The van der Waals surface area contributed by atoms with Gasteiger partial charge in [0.1, 0.15) is 0 Å². The summed E-state index contributed by atoms with van der Waals surface area (Å²) in [6, 6.07) is 15.2. The molecule has 0 unspecified atom stereocenters. The van der Waals surface area contributed by atoms with Gasteiger partial charge in [0.25, 0.3) is 0 Å². The largest absolute Gasteiger partial charge is 0.407 e. The number of allylic oxidation sites excluding steroid dienone is 1. The van der Waals surface area contributed by atoms with Gasteiger partial charge in [-0.3, -0.25) is 0 Å². The molecule has 21 heavy (non-hydrogen) atoms. The average Bonchev–Trinajstić information content (AvgIpc) is 2.80. The maximum atomic E-state index is 3.80. The molecule has 2 aromatic carbocycles. The molecule has 1 nitrogen and oxygen atoms in total. The normalized spacial score (nSPS) is 13.8. The molecule has 0 radical (unpaired) electrons. The van der Waals surface area contributed by atoms with Crippen molar-refractivity contribution in [2.45, 2.75) is 26.4 Å². The molecule has 108 valence electrons. The Kier molecular flexibility index (Phi) is 3.80. The van der Waals surface area contributed by atoms with Crippen molar-refractivity contribution in [3.8, 4) is 0 Å². The molecule has 0 spiro atoms. The maximum absolute atomic E-state index is 3.80. The zero-order valence-corrected chi connectivity index (χ0v) is 15.3. The Hall–Kier alpha value is -1.32. The summed E-state index contributed by atoms with van der Waals surface area (Å²) in [4.78, 5) is 3.80. The number of nitrogens with one attached hydrogen (secondary N) is 1. The first-order chi connectivity index (χ1) is 9.95. The van der Waals surface area contributed by atoms with Crippen molar-refractivity contribution >= 4 is 41.1 Å². The highest BCUT2D eigenvalue weighted by molar-refractivity contribution is 9.10. The summed E-state index contributed by atoms with van der Waals surface area (Å²) >= 11 is 3.49. The topological polar surface area (TPSA) is 12.0 Å². The van der Waals surface area contributed by atoms with Crippen LogP contribution < -0.4 is 10.2 Å². The van der Waals surface area contributed by atoms with Gasteiger partial charge < -0.3 is 4.98 Å². The molecule has 2 aromatic rings. The van der Waals surface area contributed by atoms with E-state index in [-0.39, 0.29) is 0 Å². The van der Waals surface area contributed by atoms with E-state index in [2.05, 4.69) is 89.5 Å². The number of rotatable bonds is 3. The number of halogens is 1. The van der Waals surface area contributed by atoms with Gasteiger partial charge in [0.05, 0.1) is 0 Å². The molecule has 0 heterocycles. The maximum Gasteiger partial charge on any atom is 0.179 e. The van der Waals surface area contributed by atoms with Gasteiger partial charge in [0.15, 0.2) is 8.24 Å². The molecule has 0 amide bonds. The molecular formula is C18H20BrNSi. The molecule has 1 aliphatic rings. The van der Waals surface area contributed by atoms with E-state index in [1.165, 1.54) is 27.6 Å². The zero-order valence-electron chi connectivity index (χ0n) is 12.7. The second-order valence-electron chi connectivity index (χ2n) is 6.30. The van der Waals surface area contributed by atoms with Crippen molar-refractivity contribution in [2.24, 2.45) is 0 Å². The van der Waals surface area contributed by atoms with Gasteiger partial charge in [-0.2, -0.15) is 0 Å². The van der Waals surface area contributed by atoms with E-state index in [0.717, 1.165) is 10.9 Å². The van der Waals surface area contributed by atoms with Crippen LogP contribution in [-0.2, 0) is 6.42 Å². The first-order valence-electron chi connectivity index (χ1n) is 7.29. The highest BCUT2D eigenvalue weighted by Gasteiger charge is 2.28. The second kappa shape index (κ2) is 5.47. The van der Waals surface area contributed by atoms with Crippen LogP contribution in [0.4, 0.5) is 5.69 Å². The fourth-order valence-electron chi connectivity index (χ4n) is 3.08. The molecule has 0 saturated heterocycles. The van der Waals surface area contributed by atoms with Crippen LogP contribution in [0.2, 0.25) is 13.1 Å². The van der Waals surface area contributed by atoms with Crippen LogP contribution in [0.3, 0.4) is 0 Å². The molecule has 0 saturated carbocycles. The summed E-state index contributed by atoms with van der Waals surface area (Å²) < 4.78 is 1.12. The van der Waals surface area contributed by atoms with E-state index in [0.29, 0.717) is 0 Å². The number of fused-ring (bicyclic) bond motifs is 1. The van der Waals surface area contributed by atoms with Crippen LogP contribution in [0, 0.1) is 0 Å². The van der Waals surface area contributed by atoms with Crippen LogP contribution in [0.5, 0.6) is 0 Å². The smallest absolute Gasteiger partial charge is 0.179 e. The molecule has 0 aliphatic heterocycles. The summed E-state index contributed by atoms with van der Waals surface area (Å²) in [6.45, 7) is 7.00. The van der Waals surface area contributed by atoms with Gasteiger partial charge in [0, 0.05) is 10.2 Å². The van der Waals surface area contributed by atoms with Gasteiger partial charge in [-0.05, 0) is 67.0 Å². The van der Waals surface area contributed by atoms with Crippen molar-refractivity contribution in [2.75, 3.05) is 4.98 Å². The van der Waals surface area contributed by atoms with E-state index in [9.17, 15) is 0 Å². The predicted octanol–water partition coefficient (Wildman–Crippen LogP) is 4.93. The minimum atomic E-state index is -1.72. The Morgan fingerprint density at radius 2 is 1.76 bits per heavy atom. The van der Waals surface area contributed by atoms with Crippen molar-refractivity contribution < 1.29 is 0 Å². The predicted molar refractivity (Wildman–Crippen MR) is 98.7 cm³/mol. The Bertz CT molecular complexity index is 702. The lowest BCUT2D eigenvalue weighted by molar-refractivity contribution is 1.20. The summed E-state index contributed by atoms with van der Waals surface area (Å²) in [6.07, 6.45) is 3.42. The Balaban J connectivity index is 1.93. The van der Waals surface area contributed by atoms with Crippen LogP contribution in [0.15, 0.2) is 52.5 Å². The van der Waals surface area contributed by atoms with Crippen LogP contribution in [-0.4, -0.2) is 8.24 Å². The monoisotopic (exact) mass is 357 g/mol. The van der Waals surface area contributed by atoms with Gasteiger partial charge in [-0.15, -0.1) is 0 Å². The summed E-state index contributed by atoms with van der Waals surface area (Å²) in [5.41, 5.74) is 5.60. The van der Waals surface area contributed by atoms with Crippen molar-refractivity contribution in [3.05, 3.63) is 63.6 Å². The minimum absolute atomic E-state index is 1.10. The summed E-state index contributed by atoms with van der Waals surface area (Å²) in [5.74, 6) is 0. The highest BCUT2D eigenvalue weighted by atomic mass is 79.9. The first-order valence-corrected chi connectivity index (χ1v) is 11.1. The summed E-state index contributed by atoms with van der Waals surface area (Å²) in [7, 11) is -1.72. The minimum Gasteiger partial charge on any atom is -0.407 e. The number of benzene rings is 2. The van der Waals surface area contributed by atoms with E-state index in [4.69, 9.17) is 0 Å². The molecular weight excluding hydrogens is 338 g/mol. The second-order valence-corrected chi connectivity index (χ2v) is 11.3. The number of hydrogen-bond acceptors (Lipinski definition) is 1. The molecule has 0 atom stereocenters. The number of hydrogen-bond donors (Lipinski definition) is 1. The lowest BCUT2D eigenvalue weighted by Gasteiger charge is -2.28. The molecule has 3 heteroatoms. The lowest BCUT2D eigenvalue weighted by atomic mass is 10.1. The third-order valence-corrected chi connectivity index (χ3v) is 7.30. The van der Waals surface area contributed by atoms with E-state index < -0.39 is 8.24 Å². The van der Waals surface area contributed by atoms with E-state index in [1.54, 1.807) is 0 Å². The molecule has 3 rings (SSSR count). The van der Waals surface area contributed by atoms with Crippen molar-refractivity contribution in [1.82, 2.24) is 0 Å². The van der Waals surface area contributed by atoms with Gasteiger partial charge >= 0.3 is 0 Å². The fourth-order valence-corrected chi connectivity index (χ4v) is 5.87. The molecule has 1 aliphatic carbocycles. The number of anilines is 1. The quantitative estimate of drug-likeness (QED) is 0.767.